The zero-order chi connectivity index (χ0) is 11.5. The third-order valence-electron chi connectivity index (χ3n) is 2.39. The molecule has 0 spiro atoms. The summed E-state index contributed by atoms with van der Waals surface area (Å²) in [5.74, 6) is 1.22. The highest BCUT2D eigenvalue weighted by Crippen LogP contribution is 2.11. The highest BCUT2D eigenvalue weighted by atomic mass is 35.5. The summed E-state index contributed by atoms with van der Waals surface area (Å²) in [7, 11) is 1.79. The maximum atomic E-state index is 5.81. The third kappa shape index (κ3) is 2.52. The van der Waals surface area contributed by atoms with Crippen molar-refractivity contribution < 1.29 is 0 Å². The van der Waals surface area contributed by atoms with Crippen molar-refractivity contribution in [2.45, 2.75) is 12.8 Å². The van der Waals surface area contributed by atoms with Crippen molar-refractivity contribution in [2.24, 2.45) is 7.05 Å². The largest absolute Gasteiger partial charge is 0.368 e. The number of anilines is 1. The molecule has 0 saturated carbocycles. The first kappa shape index (κ1) is 11.0. The Kier molecular flexibility index (Phi) is 3.10. The van der Waals surface area contributed by atoms with Crippen LogP contribution in [-0.4, -0.2) is 14.8 Å². The van der Waals surface area contributed by atoms with Crippen molar-refractivity contribution in [3.63, 3.8) is 0 Å². The van der Waals surface area contributed by atoms with Crippen LogP contribution >= 0.6 is 11.6 Å². The average Bonchev–Trinajstić information content (AvgIpc) is 2.58. The minimum atomic E-state index is 0.450. The number of nitrogens with zero attached hydrogens (tertiary/aromatic N) is 3. The van der Waals surface area contributed by atoms with Crippen molar-refractivity contribution in [3.05, 3.63) is 40.7 Å². The minimum absolute atomic E-state index is 0.450. The second-order valence-electron chi connectivity index (χ2n) is 3.64. The first-order valence-electron chi connectivity index (χ1n) is 5.05. The Morgan fingerprint density at radius 2 is 1.94 bits per heavy atom. The minimum Gasteiger partial charge on any atom is -0.368 e. The van der Waals surface area contributed by atoms with Crippen LogP contribution in [0.1, 0.15) is 11.4 Å². The first-order valence-corrected chi connectivity index (χ1v) is 5.43. The van der Waals surface area contributed by atoms with E-state index in [2.05, 4.69) is 10.1 Å². The summed E-state index contributed by atoms with van der Waals surface area (Å²) in [5.41, 5.74) is 6.82. The lowest BCUT2D eigenvalue weighted by atomic mass is 10.1. The molecule has 0 saturated heterocycles. The van der Waals surface area contributed by atoms with Gasteiger partial charge in [0.2, 0.25) is 5.95 Å². The Bertz CT molecular complexity index is 456. The Hall–Kier alpha value is -1.55. The molecule has 1 aromatic heterocycles. The zero-order valence-corrected chi connectivity index (χ0v) is 9.78. The van der Waals surface area contributed by atoms with Gasteiger partial charge < -0.3 is 5.73 Å². The van der Waals surface area contributed by atoms with E-state index in [-0.39, 0.29) is 0 Å². The number of nitrogen functional groups attached to an aromatic ring is 1. The van der Waals surface area contributed by atoms with Crippen LogP contribution in [0.3, 0.4) is 0 Å². The molecule has 1 aromatic carbocycles. The van der Waals surface area contributed by atoms with E-state index < -0.39 is 0 Å². The van der Waals surface area contributed by atoms with Gasteiger partial charge >= 0.3 is 0 Å². The molecule has 2 aromatic rings. The van der Waals surface area contributed by atoms with Crippen molar-refractivity contribution in [1.29, 1.82) is 0 Å². The highest BCUT2D eigenvalue weighted by molar-refractivity contribution is 6.30. The second-order valence-corrected chi connectivity index (χ2v) is 4.07. The number of hydrogen-bond acceptors (Lipinski definition) is 3. The van der Waals surface area contributed by atoms with Crippen LogP contribution in [0.4, 0.5) is 5.95 Å². The summed E-state index contributed by atoms with van der Waals surface area (Å²) in [6.45, 7) is 0. The Morgan fingerprint density at radius 3 is 2.50 bits per heavy atom. The van der Waals surface area contributed by atoms with Gasteiger partial charge in [-0.15, -0.1) is 0 Å². The van der Waals surface area contributed by atoms with E-state index in [0.717, 1.165) is 23.7 Å². The van der Waals surface area contributed by atoms with Gasteiger partial charge in [-0.05, 0) is 24.1 Å². The van der Waals surface area contributed by atoms with Gasteiger partial charge in [-0.2, -0.15) is 10.1 Å². The molecule has 16 heavy (non-hydrogen) atoms. The molecule has 2 N–H and O–H groups in total. The molecule has 0 aliphatic rings. The van der Waals surface area contributed by atoms with E-state index in [1.165, 1.54) is 5.56 Å². The van der Waals surface area contributed by atoms with Crippen LogP contribution in [0.15, 0.2) is 24.3 Å². The summed E-state index contributed by atoms with van der Waals surface area (Å²) in [5, 5.41) is 4.95. The maximum Gasteiger partial charge on any atom is 0.218 e. The average molecular weight is 237 g/mol. The second kappa shape index (κ2) is 4.53. The Labute approximate surface area is 99.1 Å². The van der Waals surface area contributed by atoms with Gasteiger partial charge in [0.05, 0.1) is 0 Å². The molecule has 0 aliphatic heterocycles. The van der Waals surface area contributed by atoms with E-state index in [1.807, 2.05) is 24.3 Å². The summed E-state index contributed by atoms with van der Waals surface area (Å²) in [6.07, 6.45) is 1.67. The lowest BCUT2D eigenvalue weighted by Gasteiger charge is -1.98. The predicted molar refractivity (Wildman–Crippen MR) is 64.3 cm³/mol. The number of aryl methyl sites for hydroxylation is 3. The molecule has 0 fully saturated rings. The standard InChI is InChI=1S/C11H13ClN4/c1-16-11(13)14-10(15-16)7-4-8-2-5-9(12)6-3-8/h2-3,5-6H,4,7H2,1H3,(H2,13,14,15). The van der Waals surface area contributed by atoms with Crippen LogP contribution < -0.4 is 5.73 Å². The van der Waals surface area contributed by atoms with Gasteiger partial charge in [-0.25, -0.2) is 4.68 Å². The van der Waals surface area contributed by atoms with Crippen LogP contribution in [0.5, 0.6) is 0 Å². The number of nitrogens with two attached hydrogens (primary N) is 1. The SMILES string of the molecule is Cn1nc(CCc2ccc(Cl)cc2)nc1N. The molecule has 0 amide bonds. The lowest BCUT2D eigenvalue weighted by molar-refractivity contribution is 0.744. The third-order valence-corrected chi connectivity index (χ3v) is 2.64. The predicted octanol–water partition coefficient (Wildman–Crippen LogP) is 1.84. The fourth-order valence-corrected chi connectivity index (χ4v) is 1.59. The number of aromatic nitrogens is 3. The molecule has 84 valence electrons. The smallest absolute Gasteiger partial charge is 0.218 e. The van der Waals surface area contributed by atoms with E-state index in [0.29, 0.717) is 5.95 Å². The molecule has 4 nitrogen and oxygen atoms in total. The van der Waals surface area contributed by atoms with E-state index >= 15 is 0 Å². The molecular weight excluding hydrogens is 224 g/mol. The summed E-state index contributed by atoms with van der Waals surface area (Å²) in [6, 6.07) is 7.79. The van der Waals surface area contributed by atoms with Crippen LogP contribution in [0.2, 0.25) is 5.02 Å². The quantitative estimate of drug-likeness (QED) is 0.885. The van der Waals surface area contributed by atoms with Crippen molar-refractivity contribution in [3.8, 4) is 0 Å². The topological polar surface area (TPSA) is 56.7 Å². The summed E-state index contributed by atoms with van der Waals surface area (Å²) in [4.78, 5) is 4.15. The number of hydrogen-bond donors (Lipinski definition) is 1. The van der Waals surface area contributed by atoms with E-state index in [1.54, 1.807) is 11.7 Å². The molecule has 2 rings (SSSR count). The Balaban J connectivity index is 1.99. The maximum absolute atomic E-state index is 5.81. The van der Waals surface area contributed by atoms with Gasteiger partial charge in [0.15, 0.2) is 5.82 Å². The van der Waals surface area contributed by atoms with Crippen molar-refractivity contribution in [1.82, 2.24) is 14.8 Å². The van der Waals surface area contributed by atoms with Gasteiger partial charge in [0, 0.05) is 18.5 Å². The number of rotatable bonds is 3. The van der Waals surface area contributed by atoms with Crippen LogP contribution in [0.25, 0.3) is 0 Å². The first-order chi connectivity index (χ1) is 7.65. The van der Waals surface area contributed by atoms with Crippen molar-refractivity contribution >= 4 is 17.5 Å². The van der Waals surface area contributed by atoms with E-state index in [9.17, 15) is 0 Å². The molecular formula is C11H13ClN4. The molecule has 0 unspecified atom stereocenters. The normalized spacial score (nSPS) is 10.6. The summed E-state index contributed by atoms with van der Waals surface area (Å²) < 4.78 is 1.58. The van der Waals surface area contributed by atoms with Gasteiger partial charge in [0.25, 0.3) is 0 Å². The molecule has 0 atom stereocenters. The van der Waals surface area contributed by atoms with E-state index in [4.69, 9.17) is 17.3 Å². The van der Waals surface area contributed by atoms with Crippen molar-refractivity contribution in [2.75, 3.05) is 5.73 Å². The molecule has 0 bridgehead atoms. The number of benzene rings is 1. The summed E-state index contributed by atoms with van der Waals surface area (Å²) >= 11 is 5.81. The van der Waals surface area contributed by atoms with Crippen LogP contribution in [-0.2, 0) is 19.9 Å². The lowest BCUT2D eigenvalue weighted by Crippen LogP contribution is -1.98. The molecule has 0 aliphatic carbocycles. The molecule has 5 heteroatoms. The van der Waals surface area contributed by atoms with Gasteiger partial charge in [0.1, 0.15) is 0 Å². The Morgan fingerprint density at radius 1 is 1.25 bits per heavy atom. The fourth-order valence-electron chi connectivity index (χ4n) is 1.46. The highest BCUT2D eigenvalue weighted by Gasteiger charge is 2.03. The van der Waals surface area contributed by atoms with Gasteiger partial charge in [-0.3, -0.25) is 0 Å². The van der Waals surface area contributed by atoms with Crippen LogP contribution in [0, 0.1) is 0 Å². The molecule has 1 heterocycles. The number of halogens is 1. The van der Waals surface area contributed by atoms with Gasteiger partial charge in [-0.1, -0.05) is 23.7 Å². The molecule has 0 radical (unpaired) electrons. The fraction of sp³-hybridized carbons (Fsp3) is 0.273. The monoisotopic (exact) mass is 236 g/mol. The zero-order valence-electron chi connectivity index (χ0n) is 9.02.